The highest BCUT2D eigenvalue weighted by Crippen LogP contribution is 2.34. The Bertz CT molecular complexity index is 942. The van der Waals surface area contributed by atoms with Crippen molar-refractivity contribution in [3.63, 3.8) is 0 Å². The van der Waals surface area contributed by atoms with Gasteiger partial charge in [0.1, 0.15) is 12.3 Å². The van der Waals surface area contributed by atoms with Gasteiger partial charge in [-0.05, 0) is 44.2 Å². The molecule has 144 valence electrons. The van der Waals surface area contributed by atoms with Gasteiger partial charge in [-0.3, -0.25) is 9.10 Å². The van der Waals surface area contributed by atoms with Crippen LogP contribution >= 0.6 is 11.6 Å². The Morgan fingerprint density at radius 1 is 1.19 bits per heavy atom. The molecule has 0 fully saturated rings. The van der Waals surface area contributed by atoms with E-state index in [1.165, 1.54) is 31.4 Å². The summed E-state index contributed by atoms with van der Waals surface area (Å²) in [7, 11) is -2.64. The zero-order valence-corrected chi connectivity index (χ0v) is 16.7. The number of carbonyl (C=O) groups is 1. The molecular weight excluding hydrogens is 390 g/mol. The van der Waals surface area contributed by atoms with Crippen molar-refractivity contribution in [2.45, 2.75) is 18.7 Å². The van der Waals surface area contributed by atoms with Crippen LogP contribution in [-0.4, -0.2) is 33.7 Å². The molecule has 2 rings (SSSR count). The maximum atomic E-state index is 13.2. The van der Waals surface area contributed by atoms with Crippen LogP contribution in [-0.2, 0) is 14.8 Å². The molecule has 0 aromatic heterocycles. The molecule has 0 spiro atoms. The first kappa shape index (κ1) is 20.7. The highest BCUT2D eigenvalue weighted by Gasteiger charge is 2.29. The fourth-order valence-electron chi connectivity index (χ4n) is 2.22. The number of benzene rings is 2. The van der Waals surface area contributed by atoms with Crippen LogP contribution in [0.5, 0.6) is 5.75 Å². The summed E-state index contributed by atoms with van der Waals surface area (Å²) < 4.78 is 32.6. The molecule has 0 radical (unpaired) electrons. The largest absolute Gasteiger partial charge is 0.495 e. The Hall–Kier alpha value is -2.58. The monoisotopic (exact) mass is 409 g/mol. The minimum atomic E-state index is -4.05. The molecule has 0 saturated heterocycles. The van der Waals surface area contributed by atoms with Crippen LogP contribution in [0, 0.1) is 0 Å². The van der Waals surface area contributed by atoms with Gasteiger partial charge in [0.15, 0.2) is 0 Å². The summed E-state index contributed by atoms with van der Waals surface area (Å²) >= 11 is 6.05. The maximum Gasteiger partial charge on any atom is 0.264 e. The van der Waals surface area contributed by atoms with Crippen LogP contribution in [0.2, 0.25) is 5.02 Å². The number of ether oxygens (including phenoxy) is 1. The van der Waals surface area contributed by atoms with Gasteiger partial charge in [0.2, 0.25) is 0 Å². The Morgan fingerprint density at radius 2 is 1.85 bits per heavy atom. The minimum absolute atomic E-state index is 0.0370. The van der Waals surface area contributed by atoms with Crippen molar-refractivity contribution < 1.29 is 17.9 Å². The molecule has 0 unspecified atom stereocenters. The van der Waals surface area contributed by atoms with Crippen LogP contribution in [0.15, 0.2) is 58.5 Å². The quantitative estimate of drug-likeness (QED) is 0.562. The van der Waals surface area contributed by atoms with Crippen molar-refractivity contribution in [1.82, 2.24) is 5.43 Å². The molecule has 0 aliphatic carbocycles. The first-order valence-electron chi connectivity index (χ1n) is 7.96. The van der Waals surface area contributed by atoms with Gasteiger partial charge < -0.3 is 4.74 Å². The summed E-state index contributed by atoms with van der Waals surface area (Å²) in [6.45, 7) is 2.92. The SMILES string of the molecule is COc1ccc(Cl)cc1N(CC(=O)NN=C(C)C)S(=O)(=O)c1ccccc1. The summed E-state index contributed by atoms with van der Waals surface area (Å²) in [6.07, 6.45) is 0. The number of hydrazone groups is 1. The predicted molar refractivity (Wildman–Crippen MR) is 106 cm³/mol. The summed E-state index contributed by atoms with van der Waals surface area (Å²) in [6, 6.07) is 12.4. The Balaban J connectivity index is 2.54. The third-order valence-corrected chi connectivity index (χ3v) is 5.44. The van der Waals surface area contributed by atoms with E-state index < -0.39 is 22.5 Å². The zero-order chi connectivity index (χ0) is 20.0. The number of carbonyl (C=O) groups excluding carboxylic acids is 1. The lowest BCUT2D eigenvalue weighted by Crippen LogP contribution is -2.40. The summed E-state index contributed by atoms with van der Waals surface area (Å²) in [4.78, 5) is 12.3. The normalized spacial score (nSPS) is 10.8. The number of halogens is 1. The van der Waals surface area contributed by atoms with Crippen molar-refractivity contribution in [1.29, 1.82) is 0 Å². The van der Waals surface area contributed by atoms with E-state index in [0.717, 1.165) is 4.31 Å². The molecule has 2 aromatic rings. The fraction of sp³-hybridized carbons (Fsp3) is 0.222. The number of rotatable bonds is 7. The van der Waals surface area contributed by atoms with E-state index in [4.69, 9.17) is 16.3 Å². The lowest BCUT2D eigenvalue weighted by atomic mass is 10.3. The van der Waals surface area contributed by atoms with Gasteiger partial charge in [-0.2, -0.15) is 5.10 Å². The number of anilines is 1. The van der Waals surface area contributed by atoms with E-state index in [0.29, 0.717) is 10.7 Å². The number of sulfonamides is 1. The summed E-state index contributed by atoms with van der Waals surface area (Å²) in [5.41, 5.74) is 3.11. The fourth-order valence-corrected chi connectivity index (χ4v) is 3.83. The van der Waals surface area contributed by atoms with Crippen molar-refractivity contribution in [2.24, 2.45) is 5.10 Å². The van der Waals surface area contributed by atoms with Crippen molar-refractivity contribution in [3.8, 4) is 5.75 Å². The van der Waals surface area contributed by atoms with Crippen LogP contribution < -0.4 is 14.5 Å². The van der Waals surface area contributed by atoms with E-state index in [9.17, 15) is 13.2 Å². The molecule has 1 amide bonds. The van der Waals surface area contributed by atoms with E-state index >= 15 is 0 Å². The van der Waals surface area contributed by atoms with Gasteiger partial charge in [-0.15, -0.1) is 0 Å². The molecule has 27 heavy (non-hydrogen) atoms. The maximum absolute atomic E-state index is 13.2. The number of hydrogen-bond acceptors (Lipinski definition) is 5. The number of nitrogens with one attached hydrogen (secondary N) is 1. The first-order valence-corrected chi connectivity index (χ1v) is 9.78. The molecule has 0 aliphatic heterocycles. The van der Waals surface area contributed by atoms with Crippen molar-refractivity contribution in [2.75, 3.05) is 18.0 Å². The molecule has 0 atom stereocenters. The van der Waals surface area contributed by atoms with Crippen LogP contribution in [0.25, 0.3) is 0 Å². The number of hydrogen-bond donors (Lipinski definition) is 1. The smallest absolute Gasteiger partial charge is 0.264 e. The summed E-state index contributed by atoms with van der Waals surface area (Å²) in [5, 5.41) is 4.13. The van der Waals surface area contributed by atoms with Gasteiger partial charge in [-0.1, -0.05) is 29.8 Å². The van der Waals surface area contributed by atoms with E-state index in [1.807, 2.05) is 0 Å². The molecule has 0 bridgehead atoms. The van der Waals surface area contributed by atoms with Crippen molar-refractivity contribution >= 4 is 38.9 Å². The molecule has 7 nitrogen and oxygen atoms in total. The lowest BCUT2D eigenvalue weighted by molar-refractivity contribution is -0.119. The van der Waals surface area contributed by atoms with Gasteiger partial charge in [0.25, 0.3) is 15.9 Å². The van der Waals surface area contributed by atoms with Gasteiger partial charge >= 0.3 is 0 Å². The number of nitrogens with zero attached hydrogens (tertiary/aromatic N) is 2. The Morgan fingerprint density at radius 3 is 2.44 bits per heavy atom. The number of amides is 1. The highest BCUT2D eigenvalue weighted by molar-refractivity contribution is 7.92. The Kier molecular flexibility index (Phi) is 6.81. The predicted octanol–water partition coefficient (Wildman–Crippen LogP) is 3.06. The van der Waals surface area contributed by atoms with Crippen LogP contribution in [0.3, 0.4) is 0 Å². The average molecular weight is 410 g/mol. The summed E-state index contributed by atoms with van der Waals surface area (Å²) in [5.74, 6) is -0.334. The van der Waals surface area contributed by atoms with E-state index in [2.05, 4.69) is 10.5 Å². The minimum Gasteiger partial charge on any atom is -0.495 e. The van der Waals surface area contributed by atoms with Crippen LogP contribution in [0.4, 0.5) is 5.69 Å². The third-order valence-electron chi connectivity index (χ3n) is 3.43. The van der Waals surface area contributed by atoms with Gasteiger partial charge in [0, 0.05) is 10.7 Å². The Labute approximate surface area is 163 Å². The standard InChI is InChI=1S/C18H20ClN3O4S/c1-13(2)20-21-18(23)12-22(16-11-14(19)9-10-17(16)26-3)27(24,25)15-7-5-4-6-8-15/h4-11H,12H2,1-3H3,(H,21,23). The van der Waals surface area contributed by atoms with Crippen molar-refractivity contribution in [3.05, 3.63) is 53.6 Å². The van der Waals surface area contributed by atoms with Gasteiger partial charge in [-0.25, -0.2) is 13.8 Å². The average Bonchev–Trinajstić information content (AvgIpc) is 2.65. The highest BCUT2D eigenvalue weighted by atomic mass is 35.5. The number of methoxy groups -OCH3 is 1. The zero-order valence-electron chi connectivity index (χ0n) is 15.1. The second kappa shape index (κ2) is 8.88. The first-order chi connectivity index (χ1) is 12.8. The molecule has 9 heteroatoms. The molecule has 0 heterocycles. The molecule has 0 saturated carbocycles. The topological polar surface area (TPSA) is 88.1 Å². The molecule has 2 aromatic carbocycles. The molecule has 1 N–H and O–H groups in total. The second-order valence-electron chi connectivity index (χ2n) is 5.73. The lowest BCUT2D eigenvalue weighted by Gasteiger charge is -2.25. The second-order valence-corrected chi connectivity index (χ2v) is 8.03. The van der Waals surface area contributed by atoms with Crippen LogP contribution in [0.1, 0.15) is 13.8 Å². The third kappa shape index (κ3) is 5.21. The molecule has 0 aliphatic rings. The van der Waals surface area contributed by atoms with Gasteiger partial charge in [0.05, 0.1) is 17.7 Å². The van der Waals surface area contributed by atoms with E-state index in [-0.39, 0.29) is 16.3 Å². The molecular formula is C18H20ClN3O4S. The van der Waals surface area contributed by atoms with E-state index in [1.54, 1.807) is 38.1 Å².